The van der Waals surface area contributed by atoms with Crippen LogP contribution in [-0.2, 0) is 13.0 Å². The minimum atomic E-state index is 0.722. The second-order valence-corrected chi connectivity index (χ2v) is 4.33. The fourth-order valence-corrected chi connectivity index (χ4v) is 2.13. The van der Waals surface area contributed by atoms with Crippen molar-refractivity contribution in [1.82, 2.24) is 15.2 Å². The van der Waals surface area contributed by atoms with E-state index in [1.807, 2.05) is 19.2 Å². The molecule has 1 aliphatic rings. The zero-order valence-corrected chi connectivity index (χ0v) is 10.2. The first-order valence-electron chi connectivity index (χ1n) is 6.14. The SMILES string of the molecule is CCc1ncc(CN2CCNCC2)cc1C#N. The van der Waals surface area contributed by atoms with Crippen LogP contribution >= 0.6 is 0 Å². The number of piperazine rings is 1. The molecule has 1 aromatic heterocycles. The largest absolute Gasteiger partial charge is 0.314 e. The van der Waals surface area contributed by atoms with Gasteiger partial charge in [0.05, 0.1) is 11.3 Å². The van der Waals surface area contributed by atoms with Gasteiger partial charge in [0, 0.05) is 38.9 Å². The summed E-state index contributed by atoms with van der Waals surface area (Å²) in [4.78, 5) is 6.76. The number of aryl methyl sites for hydroxylation is 1. The quantitative estimate of drug-likeness (QED) is 0.839. The number of pyridine rings is 1. The van der Waals surface area contributed by atoms with Gasteiger partial charge in [0.1, 0.15) is 6.07 Å². The van der Waals surface area contributed by atoms with Crippen molar-refractivity contribution in [3.05, 3.63) is 29.1 Å². The summed E-state index contributed by atoms with van der Waals surface area (Å²) < 4.78 is 0. The number of nitriles is 1. The molecule has 17 heavy (non-hydrogen) atoms. The average molecular weight is 230 g/mol. The third kappa shape index (κ3) is 3.02. The van der Waals surface area contributed by atoms with Crippen LogP contribution < -0.4 is 5.32 Å². The molecule has 0 bridgehead atoms. The number of nitrogens with one attached hydrogen (secondary N) is 1. The van der Waals surface area contributed by atoms with Gasteiger partial charge in [0.25, 0.3) is 0 Å². The molecule has 0 aromatic carbocycles. The number of hydrogen-bond acceptors (Lipinski definition) is 4. The third-order valence-corrected chi connectivity index (χ3v) is 3.10. The Morgan fingerprint density at radius 2 is 2.24 bits per heavy atom. The average Bonchev–Trinajstić information content (AvgIpc) is 2.40. The fraction of sp³-hybridized carbons (Fsp3) is 0.538. The maximum atomic E-state index is 9.07. The standard InChI is InChI=1S/C13H18N4/c1-2-13-12(8-14)7-11(9-16-13)10-17-5-3-15-4-6-17/h7,9,15H,2-6,10H2,1H3. The maximum Gasteiger partial charge on any atom is 0.101 e. The lowest BCUT2D eigenvalue weighted by atomic mass is 10.1. The van der Waals surface area contributed by atoms with Crippen LogP contribution in [0.2, 0.25) is 0 Å². The van der Waals surface area contributed by atoms with Crippen molar-refractivity contribution in [3.63, 3.8) is 0 Å². The van der Waals surface area contributed by atoms with Crippen molar-refractivity contribution in [3.8, 4) is 6.07 Å². The molecule has 0 spiro atoms. The summed E-state index contributed by atoms with van der Waals surface area (Å²) in [5.41, 5.74) is 2.76. The molecular formula is C13H18N4. The zero-order chi connectivity index (χ0) is 12.1. The van der Waals surface area contributed by atoms with Gasteiger partial charge in [-0.3, -0.25) is 9.88 Å². The molecule has 0 radical (unpaired) electrons. The smallest absolute Gasteiger partial charge is 0.101 e. The van der Waals surface area contributed by atoms with Crippen LogP contribution in [0.1, 0.15) is 23.7 Å². The third-order valence-electron chi connectivity index (χ3n) is 3.10. The maximum absolute atomic E-state index is 9.07. The molecule has 1 N–H and O–H groups in total. The van der Waals surface area contributed by atoms with Crippen LogP contribution in [0.15, 0.2) is 12.3 Å². The molecular weight excluding hydrogens is 212 g/mol. The summed E-state index contributed by atoms with van der Waals surface area (Å²) in [5, 5.41) is 12.4. The van der Waals surface area contributed by atoms with E-state index in [1.54, 1.807) is 0 Å². The Morgan fingerprint density at radius 1 is 1.47 bits per heavy atom. The lowest BCUT2D eigenvalue weighted by molar-refractivity contribution is 0.233. The highest BCUT2D eigenvalue weighted by Gasteiger charge is 2.11. The van der Waals surface area contributed by atoms with Crippen molar-refractivity contribution < 1.29 is 0 Å². The summed E-state index contributed by atoms with van der Waals surface area (Å²) in [6, 6.07) is 4.21. The Hall–Kier alpha value is -1.44. The van der Waals surface area contributed by atoms with E-state index in [9.17, 15) is 0 Å². The number of rotatable bonds is 3. The number of nitrogens with zero attached hydrogens (tertiary/aromatic N) is 3. The van der Waals surface area contributed by atoms with E-state index in [0.29, 0.717) is 0 Å². The minimum absolute atomic E-state index is 0.722. The van der Waals surface area contributed by atoms with E-state index in [2.05, 4.69) is 21.3 Å². The summed E-state index contributed by atoms with van der Waals surface area (Å²) in [6.45, 7) is 7.15. The van der Waals surface area contributed by atoms with Crippen molar-refractivity contribution in [2.24, 2.45) is 0 Å². The molecule has 1 aromatic rings. The van der Waals surface area contributed by atoms with Gasteiger partial charge in [0.15, 0.2) is 0 Å². The van der Waals surface area contributed by atoms with Crippen molar-refractivity contribution >= 4 is 0 Å². The van der Waals surface area contributed by atoms with Crippen LogP contribution in [0.4, 0.5) is 0 Å². The van der Waals surface area contributed by atoms with Crippen LogP contribution in [0, 0.1) is 11.3 Å². The van der Waals surface area contributed by atoms with E-state index < -0.39 is 0 Å². The van der Waals surface area contributed by atoms with Gasteiger partial charge in [0.2, 0.25) is 0 Å². The van der Waals surface area contributed by atoms with E-state index in [1.165, 1.54) is 0 Å². The Morgan fingerprint density at radius 3 is 2.88 bits per heavy atom. The highest BCUT2D eigenvalue weighted by Crippen LogP contribution is 2.11. The molecule has 1 saturated heterocycles. The Balaban J connectivity index is 2.08. The molecule has 90 valence electrons. The predicted octanol–water partition coefficient (Wildman–Crippen LogP) is 0.921. The lowest BCUT2D eigenvalue weighted by Gasteiger charge is -2.27. The van der Waals surface area contributed by atoms with Crippen LogP contribution in [0.3, 0.4) is 0 Å². The first-order valence-corrected chi connectivity index (χ1v) is 6.14. The summed E-state index contributed by atoms with van der Waals surface area (Å²) >= 11 is 0. The van der Waals surface area contributed by atoms with Crippen LogP contribution in [-0.4, -0.2) is 36.1 Å². The molecule has 1 aliphatic heterocycles. The van der Waals surface area contributed by atoms with Gasteiger partial charge < -0.3 is 5.32 Å². The second kappa shape index (κ2) is 5.76. The lowest BCUT2D eigenvalue weighted by Crippen LogP contribution is -2.42. The number of hydrogen-bond donors (Lipinski definition) is 1. The van der Waals surface area contributed by atoms with E-state index in [4.69, 9.17) is 5.26 Å². The summed E-state index contributed by atoms with van der Waals surface area (Å²) in [6.07, 6.45) is 2.72. The van der Waals surface area contributed by atoms with Crippen LogP contribution in [0.5, 0.6) is 0 Å². The molecule has 2 heterocycles. The Bertz CT molecular complexity index is 416. The molecule has 4 heteroatoms. The van der Waals surface area contributed by atoms with Gasteiger partial charge in [-0.05, 0) is 18.1 Å². The zero-order valence-electron chi connectivity index (χ0n) is 10.2. The summed E-state index contributed by atoms with van der Waals surface area (Å²) in [5.74, 6) is 0. The molecule has 0 unspecified atom stereocenters. The monoisotopic (exact) mass is 230 g/mol. The van der Waals surface area contributed by atoms with Crippen LogP contribution in [0.25, 0.3) is 0 Å². The molecule has 0 saturated carbocycles. The number of aromatic nitrogens is 1. The van der Waals surface area contributed by atoms with E-state index >= 15 is 0 Å². The topological polar surface area (TPSA) is 52.0 Å². The van der Waals surface area contributed by atoms with Crippen molar-refractivity contribution in [1.29, 1.82) is 5.26 Å². The highest BCUT2D eigenvalue weighted by molar-refractivity contribution is 5.35. The molecule has 2 rings (SSSR count). The second-order valence-electron chi connectivity index (χ2n) is 4.33. The van der Waals surface area contributed by atoms with Gasteiger partial charge in [-0.1, -0.05) is 6.92 Å². The minimum Gasteiger partial charge on any atom is -0.314 e. The molecule has 0 amide bonds. The summed E-state index contributed by atoms with van der Waals surface area (Å²) in [7, 11) is 0. The van der Waals surface area contributed by atoms with Crippen molar-refractivity contribution in [2.45, 2.75) is 19.9 Å². The van der Waals surface area contributed by atoms with E-state index in [-0.39, 0.29) is 0 Å². The Labute approximate surface area is 102 Å². The van der Waals surface area contributed by atoms with Gasteiger partial charge in [-0.2, -0.15) is 5.26 Å². The predicted molar refractivity (Wildman–Crippen MR) is 66.5 cm³/mol. The van der Waals surface area contributed by atoms with Gasteiger partial charge in [-0.15, -0.1) is 0 Å². The fourth-order valence-electron chi connectivity index (χ4n) is 2.13. The van der Waals surface area contributed by atoms with Crippen molar-refractivity contribution in [2.75, 3.05) is 26.2 Å². The highest BCUT2D eigenvalue weighted by atomic mass is 15.2. The first-order chi connectivity index (χ1) is 8.33. The molecule has 0 atom stereocenters. The first kappa shape index (κ1) is 12.0. The van der Waals surface area contributed by atoms with Gasteiger partial charge >= 0.3 is 0 Å². The Kier molecular flexibility index (Phi) is 4.08. The molecule has 1 fully saturated rings. The molecule has 4 nitrogen and oxygen atoms in total. The normalized spacial score (nSPS) is 16.7. The van der Waals surface area contributed by atoms with E-state index in [0.717, 1.165) is 56.0 Å². The molecule has 0 aliphatic carbocycles. The van der Waals surface area contributed by atoms with Gasteiger partial charge in [-0.25, -0.2) is 0 Å².